The molecule has 28 heavy (non-hydrogen) atoms. The van der Waals surface area contributed by atoms with Gasteiger partial charge in [0.25, 0.3) is 5.91 Å². The maximum atomic E-state index is 13.8. The second kappa shape index (κ2) is 8.94. The van der Waals surface area contributed by atoms with E-state index in [1.807, 2.05) is 24.3 Å². The summed E-state index contributed by atoms with van der Waals surface area (Å²) in [7, 11) is 0. The Hall–Kier alpha value is -2.09. The van der Waals surface area contributed by atoms with Crippen molar-refractivity contribution in [3.8, 4) is 0 Å². The van der Waals surface area contributed by atoms with Crippen molar-refractivity contribution in [2.24, 2.45) is 0 Å². The number of carbonyl (C=O) groups is 1. The van der Waals surface area contributed by atoms with E-state index in [4.69, 9.17) is 11.6 Å². The molecule has 3 N–H and O–H groups in total. The van der Waals surface area contributed by atoms with Crippen LogP contribution in [0.4, 0.5) is 18.9 Å². The fraction of sp³-hybridized carbons (Fsp3) is 0.350. The van der Waals surface area contributed by atoms with Gasteiger partial charge in [-0.25, -0.2) is 13.2 Å². The van der Waals surface area contributed by atoms with Crippen molar-refractivity contribution in [2.75, 3.05) is 31.5 Å². The van der Waals surface area contributed by atoms with Gasteiger partial charge in [0.1, 0.15) is 32.7 Å². The monoisotopic (exact) mass is 413 g/mol. The summed E-state index contributed by atoms with van der Waals surface area (Å²) in [6, 6.07) is 9.18. The zero-order valence-corrected chi connectivity index (χ0v) is 16.3. The van der Waals surface area contributed by atoms with Crippen molar-refractivity contribution in [3.05, 3.63) is 64.4 Å². The Morgan fingerprint density at radius 1 is 1.11 bits per heavy atom. The van der Waals surface area contributed by atoms with Crippen molar-refractivity contribution in [3.63, 3.8) is 0 Å². The van der Waals surface area contributed by atoms with E-state index in [2.05, 4.69) is 5.32 Å². The van der Waals surface area contributed by atoms with Gasteiger partial charge in [0.2, 0.25) is 0 Å². The fourth-order valence-electron chi connectivity index (χ4n) is 3.52. The Kier molecular flexibility index (Phi) is 6.59. The lowest BCUT2D eigenvalue weighted by atomic mass is 10.1. The molecule has 1 saturated heterocycles. The van der Waals surface area contributed by atoms with Crippen LogP contribution < -0.4 is 15.1 Å². The number of carbonyl (C=O) groups excluding carboxylic acids is 1. The minimum absolute atomic E-state index is 0.347. The molecule has 3 rings (SSSR count). The fourth-order valence-corrected chi connectivity index (χ4v) is 3.73. The second-order valence-corrected chi connectivity index (χ2v) is 7.59. The number of quaternary nitrogens is 2. The maximum absolute atomic E-state index is 13.8. The van der Waals surface area contributed by atoms with Crippen LogP contribution in [-0.2, 0) is 11.3 Å². The topological polar surface area (TPSA) is 38.0 Å². The van der Waals surface area contributed by atoms with E-state index < -0.39 is 29.4 Å². The Labute approximate surface area is 166 Å². The van der Waals surface area contributed by atoms with Crippen LogP contribution in [0, 0.1) is 17.5 Å². The van der Waals surface area contributed by atoms with Gasteiger partial charge >= 0.3 is 0 Å². The highest BCUT2D eigenvalue weighted by Gasteiger charge is 2.31. The molecule has 1 heterocycles. The summed E-state index contributed by atoms with van der Waals surface area (Å²) in [6.45, 7) is 5.96. The molecule has 8 heteroatoms. The lowest BCUT2D eigenvalue weighted by Gasteiger charge is -2.32. The third kappa shape index (κ3) is 4.84. The molecule has 0 saturated carbocycles. The molecule has 2 aromatic carbocycles. The number of amides is 1. The van der Waals surface area contributed by atoms with Crippen molar-refractivity contribution in [2.45, 2.75) is 19.5 Å². The molecule has 4 nitrogen and oxygen atoms in total. The van der Waals surface area contributed by atoms with Gasteiger partial charge in [0, 0.05) is 10.6 Å². The molecule has 1 aliphatic rings. The molecule has 1 aliphatic heterocycles. The highest BCUT2D eigenvalue weighted by atomic mass is 35.5. The standard InChI is InChI=1S/C20H21ClF3N3O/c1-13(20(28)25-17-6-5-16(22)18(23)19(17)24)27-9-7-26(8-10-27)12-14-3-2-4-15(21)11-14/h2-6,11,13H,7-10,12H2,1H3,(H,25,28)/p+2/t13-/m0/s1. The van der Waals surface area contributed by atoms with Gasteiger partial charge in [-0.3, -0.25) is 4.79 Å². The summed E-state index contributed by atoms with van der Waals surface area (Å²) in [4.78, 5) is 14.9. The Bertz CT molecular complexity index is 857. The molecule has 0 bridgehead atoms. The predicted octanol–water partition coefficient (Wildman–Crippen LogP) is 1.07. The molecule has 1 atom stereocenters. The van der Waals surface area contributed by atoms with E-state index in [0.717, 1.165) is 54.8 Å². The van der Waals surface area contributed by atoms with Crippen LogP contribution in [0.5, 0.6) is 0 Å². The van der Waals surface area contributed by atoms with Crippen molar-refractivity contribution < 1.29 is 27.8 Å². The number of hydrogen-bond donors (Lipinski definition) is 3. The summed E-state index contributed by atoms with van der Waals surface area (Å²) in [5, 5.41) is 3.09. The average Bonchev–Trinajstić information content (AvgIpc) is 2.68. The normalized spacial score (nSPS) is 20.6. The zero-order chi connectivity index (χ0) is 20.3. The summed E-state index contributed by atoms with van der Waals surface area (Å²) in [5.74, 6) is -4.67. The van der Waals surface area contributed by atoms with Gasteiger partial charge < -0.3 is 15.1 Å². The first kappa shape index (κ1) is 20.6. The highest BCUT2D eigenvalue weighted by molar-refractivity contribution is 6.30. The minimum atomic E-state index is -1.59. The Balaban J connectivity index is 1.54. The lowest BCUT2D eigenvalue weighted by molar-refractivity contribution is -1.02. The summed E-state index contributed by atoms with van der Waals surface area (Å²) in [6.07, 6.45) is 0. The summed E-state index contributed by atoms with van der Waals surface area (Å²) < 4.78 is 40.1. The molecule has 0 aliphatic carbocycles. The molecule has 0 radical (unpaired) electrons. The number of nitrogens with one attached hydrogen (secondary N) is 3. The number of hydrogen-bond acceptors (Lipinski definition) is 1. The molecular weight excluding hydrogens is 391 g/mol. The predicted molar refractivity (Wildman–Crippen MR) is 101 cm³/mol. The number of rotatable bonds is 5. The van der Waals surface area contributed by atoms with Gasteiger partial charge in [-0.15, -0.1) is 0 Å². The first-order valence-electron chi connectivity index (χ1n) is 9.22. The molecular formula is C20H23ClF3N3O+2. The van der Waals surface area contributed by atoms with Gasteiger partial charge in [-0.2, -0.15) is 0 Å². The van der Waals surface area contributed by atoms with Crippen molar-refractivity contribution in [1.82, 2.24) is 0 Å². The third-order valence-electron chi connectivity index (χ3n) is 5.24. The first-order valence-corrected chi connectivity index (χ1v) is 9.60. The quantitative estimate of drug-likeness (QED) is 0.630. The maximum Gasteiger partial charge on any atom is 0.282 e. The average molecular weight is 414 g/mol. The zero-order valence-electron chi connectivity index (χ0n) is 15.5. The van der Waals surface area contributed by atoms with Gasteiger partial charge in [-0.05, 0) is 31.2 Å². The molecule has 1 fully saturated rings. The van der Waals surface area contributed by atoms with Crippen LogP contribution >= 0.6 is 11.6 Å². The van der Waals surface area contributed by atoms with Crippen LogP contribution in [0.2, 0.25) is 5.02 Å². The SMILES string of the molecule is C[C@@H](C(=O)Nc1ccc(F)c(F)c1F)[NH+]1CC[NH+](Cc2cccc(Cl)c2)CC1. The number of anilines is 1. The lowest BCUT2D eigenvalue weighted by Crippen LogP contribution is -3.29. The Morgan fingerprint density at radius 2 is 1.82 bits per heavy atom. The van der Waals surface area contributed by atoms with Crippen LogP contribution in [0.3, 0.4) is 0 Å². The van der Waals surface area contributed by atoms with E-state index in [1.54, 1.807) is 6.92 Å². The Morgan fingerprint density at radius 3 is 2.50 bits per heavy atom. The van der Waals surface area contributed by atoms with E-state index in [0.29, 0.717) is 0 Å². The molecule has 1 amide bonds. The van der Waals surface area contributed by atoms with Crippen LogP contribution in [-0.4, -0.2) is 38.1 Å². The van der Waals surface area contributed by atoms with Gasteiger partial charge in [0.05, 0.1) is 5.69 Å². The van der Waals surface area contributed by atoms with E-state index in [9.17, 15) is 18.0 Å². The highest BCUT2D eigenvalue weighted by Crippen LogP contribution is 2.19. The smallest absolute Gasteiger partial charge is 0.282 e. The van der Waals surface area contributed by atoms with Crippen LogP contribution in [0.25, 0.3) is 0 Å². The third-order valence-corrected chi connectivity index (χ3v) is 5.48. The second-order valence-electron chi connectivity index (χ2n) is 7.15. The van der Waals surface area contributed by atoms with E-state index >= 15 is 0 Å². The van der Waals surface area contributed by atoms with Gasteiger partial charge in [0.15, 0.2) is 23.5 Å². The van der Waals surface area contributed by atoms with Crippen LogP contribution in [0.1, 0.15) is 12.5 Å². The minimum Gasteiger partial charge on any atom is -0.322 e. The van der Waals surface area contributed by atoms with Crippen LogP contribution in [0.15, 0.2) is 36.4 Å². The molecule has 0 aromatic heterocycles. The summed E-state index contributed by atoms with van der Waals surface area (Å²) in [5.41, 5.74) is 0.825. The molecule has 2 aromatic rings. The molecule has 0 spiro atoms. The molecule has 0 unspecified atom stereocenters. The number of benzene rings is 2. The van der Waals surface area contributed by atoms with Crippen molar-refractivity contribution >= 4 is 23.2 Å². The first-order chi connectivity index (χ1) is 13.3. The number of piperazine rings is 1. The summed E-state index contributed by atoms with van der Waals surface area (Å²) >= 11 is 6.03. The molecule has 150 valence electrons. The number of halogens is 4. The van der Waals surface area contributed by atoms with Gasteiger partial charge in [-0.1, -0.05) is 23.7 Å². The largest absolute Gasteiger partial charge is 0.322 e. The van der Waals surface area contributed by atoms with Crippen molar-refractivity contribution in [1.29, 1.82) is 0 Å². The van der Waals surface area contributed by atoms with E-state index in [1.165, 1.54) is 10.5 Å². The van der Waals surface area contributed by atoms with E-state index in [-0.39, 0.29) is 5.69 Å².